The Hall–Kier alpha value is -1.35. The minimum Gasteiger partial charge on any atom is -0.376 e. The van der Waals surface area contributed by atoms with Gasteiger partial charge in [-0.15, -0.1) is 0 Å². The van der Waals surface area contributed by atoms with Gasteiger partial charge < -0.3 is 10.4 Å². The highest BCUT2D eigenvalue weighted by Gasteiger charge is 2.09. The fourth-order valence-corrected chi connectivity index (χ4v) is 3.81. The first kappa shape index (κ1) is 24.7. The molecule has 3 heteroatoms. The van der Waals surface area contributed by atoms with Gasteiger partial charge >= 0.3 is 0 Å². The van der Waals surface area contributed by atoms with Crippen molar-refractivity contribution in [3.8, 4) is 0 Å². The van der Waals surface area contributed by atoms with Crippen LogP contribution >= 0.6 is 0 Å². The van der Waals surface area contributed by atoms with Crippen LogP contribution in [0, 0.1) is 0 Å². The number of hydrogen-bond donors (Lipinski definition) is 2. The van der Waals surface area contributed by atoms with Crippen LogP contribution < -0.4 is 5.32 Å². The zero-order valence-corrected chi connectivity index (χ0v) is 18.2. The summed E-state index contributed by atoms with van der Waals surface area (Å²) in [7, 11) is 0. The molecule has 0 aliphatic rings. The second kappa shape index (κ2) is 17.7. The third-order valence-corrected chi connectivity index (χ3v) is 5.55. The van der Waals surface area contributed by atoms with Gasteiger partial charge in [-0.3, -0.25) is 4.79 Å². The number of nitrogens with one attached hydrogen (secondary N) is 1. The smallest absolute Gasteiger partial charge is 0.253 e. The maximum Gasteiger partial charge on any atom is 0.253 e. The summed E-state index contributed by atoms with van der Waals surface area (Å²) in [5, 5.41) is 11.3. The molecule has 0 aliphatic heterocycles. The van der Waals surface area contributed by atoms with Crippen molar-refractivity contribution >= 4 is 5.91 Å². The van der Waals surface area contributed by atoms with Crippen LogP contribution in [0.4, 0.5) is 0 Å². The fourth-order valence-electron chi connectivity index (χ4n) is 3.81. The number of amides is 1. The lowest BCUT2D eigenvalue weighted by Gasteiger charge is -2.09. The molecule has 160 valence electrons. The van der Waals surface area contributed by atoms with Gasteiger partial charge in [-0.25, -0.2) is 0 Å². The minimum atomic E-state index is -0.313. The molecule has 1 aromatic carbocycles. The van der Waals surface area contributed by atoms with Crippen LogP contribution in [0.1, 0.15) is 119 Å². The lowest BCUT2D eigenvalue weighted by Crippen LogP contribution is -2.25. The summed E-state index contributed by atoms with van der Waals surface area (Å²) in [5.74, 6) is -0.181. The van der Waals surface area contributed by atoms with Crippen LogP contribution in [0.5, 0.6) is 0 Å². The van der Waals surface area contributed by atoms with Crippen molar-refractivity contribution in [2.45, 2.75) is 110 Å². The highest BCUT2D eigenvalue weighted by molar-refractivity contribution is 5.95. The molecule has 0 saturated carbocycles. The molecule has 0 bridgehead atoms. The molecule has 0 fully saturated rings. The van der Waals surface area contributed by atoms with Crippen LogP contribution in [0.15, 0.2) is 24.3 Å². The Morgan fingerprint density at radius 2 is 1.21 bits per heavy atom. The average Bonchev–Trinajstić information content (AvgIpc) is 2.71. The summed E-state index contributed by atoms with van der Waals surface area (Å²) in [6, 6.07) is 7.72. The van der Waals surface area contributed by atoms with Gasteiger partial charge in [-0.2, -0.15) is 0 Å². The second-order valence-electron chi connectivity index (χ2n) is 8.02. The lowest BCUT2D eigenvalue weighted by atomic mass is 9.99. The average molecular weight is 390 g/mol. The molecule has 28 heavy (non-hydrogen) atoms. The predicted octanol–water partition coefficient (Wildman–Crippen LogP) is 6.78. The van der Waals surface area contributed by atoms with Gasteiger partial charge in [0.2, 0.25) is 0 Å². The molecule has 0 saturated heterocycles. The molecule has 0 heterocycles. The van der Waals surface area contributed by atoms with Gasteiger partial charge in [0.25, 0.3) is 5.91 Å². The zero-order valence-electron chi connectivity index (χ0n) is 18.2. The molecular formula is C25H43NO2. The second-order valence-corrected chi connectivity index (χ2v) is 8.02. The third-order valence-electron chi connectivity index (χ3n) is 5.55. The summed E-state index contributed by atoms with van der Waals surface area (Å²) >= 11 is 0. The van der Waals surface area contributed by atoms with Crippen LogP contribution in [0.3, 0.4) is 0 Å². The number of carbonyl (C=O) groups excluding carboxylic acids is 1. The Kier molecular flexibility index (Phi) is 15.6. The molecular weight excluding hydrogens is 346 g/mol. The van der Waals surface area contributed by atoms with E-state index in [2.05, 4.69) is 12.2 Å². The molecule has 1 rings (SSSR count). The largest absolute Gasteiger partial charge is 0.376 e. The van der Waals surface area contributed by atoms with E-state index in [1.807, 2.05) is 24.3 Å². The Balaban J connectivity index is 1.95. The Bertz CT molecular complexity index is 501. The number of unbranched alkanes of at least 4 members (excludes halogenated alkanes) is 14. The van der Waals surface area contributed by atoms with E-state index in [1.54, 1.807) is 0 Å². The molecule has 2 N–H and O–H groups in total. The zero-order chi connectivity index (χ0) is 20.3. The van der Waals surface area contributed by atoms with Crippen LogP contribution in [-0.2, 0) is 6.42 Å². The quantitative estimate of drug-likeness (QED) is 0.215. The van der Waals surface area contributed by atoms with Crippen molar-refractivity contribution in [2.24, 2.45) is 0 Å². The summed E-state index contributed by atoms with van der Waals surface area (Å²) < 4.78 is 0. The summed E-state index contributed by atoms with van der Waals surface area (Å²) in [6.45, 7) is 1.96. The first-order valence-corrected chi connectivity index (χ1v) is 11.8. The van der Waals surface area contributed by atoms with E-state index in [9.17, 15) is 4.79 Å². The van der Waals surface area contributed by atoms with Gasteiger partial charge in [0.05, 0.1) is 0 Å². The van der Waals surface area contributed by atoms with Crippen molar-refractivity contribution in [2.75, 3.05) is 6.73 Å². The van der Waals surface area contributed by atoms with Gasteiger partial charge in [0.1, 0.15) is 6.73 Å². The summed E-state index contributed by atoms with van der Waals surface area (Å²) in [4.78, 5) is 12.0. The number of aliphatic hydroxyl groups excluding tert-OH is 1. The van der Waals surface area contributed by atoms with Gasteiger partial charge in [0, 0.05) is 5.56 Å². The highest BCUT2D eigenvalue weighted by atomic mass is 16.3. The first-order chi connectivity index (χ1) is 13.8. The standard InChI is InChI=1S/C25H43NO2/c1-2-3-4-5-6-7-8-9-10-11-12-13-14-15-16-19-23-20-17-18-21-24(23)25(28)26-22-27/h17-18,20-21,27H,2-16,19,22H2,1H3,(H,26,28). The molecule has 0 aromatic heterocycles. The van der Waals surface area contributed by atoms with Crippen molar-refractivity contribution in [1.82, 2.24) is 5.32 Å². The number of hydrogen-bond acceptors (Lipinski definition) is 2. The topological polar surface area (TPSA) is 49.3 Å². The Labute approximate surface area is 173 Å². The molecule has 0 spiro atoms. The maximum atomic E-state index is 12.0. The Morgan fingerprint density at radius 3 is 1.71 bits per heavy atom. The normalized spacial score (nSPS) is 10.9. The van der Waals surface area contributed by atoms with Crippen LogP contribution in [0.2, 0.25) is 0 Å². The summed E-state index contributed by atoms with van der Waals surface area (Å²) in [6.07, 6.45) is 21.4. The highest BCUT2D eigenvalue weighted by Crippen LogP contribution is 2.16. The molecule has 0 aliphatic carbocycles. The lowest BCUT2D eigenvalue weighted by molar-refractivity contribution is 0.0909. The molecule has 1 aromatic rings. The van der Waals surface area contributed by atoms with Crippen molar-refractivity contribution in [3.63, 3.8) is 0 Å². The Morgan fingerprint density at radius 1 is 0.750 bits per heavy atom. The third kappa shape index (κ3) is 12.2. The summed E-state index contributed by atoms with van der Waals surface area (Å²) in [5.41, 5.74) is 1.78. The monoisotopic (exact) mass is 389 g/mol. The van der Waals surface area contributed by atoms with E-state index in [4.69, 9.17) is 5.11 Å². The number of carbonyl (C=O) groups is 1. The van der Waals surface area contributed by atoms with E-state index in [0.29, 0.717) is 5.56 Å². The minimum absolute atomic E-state index is 0.181. The van der Waals surface area contributed by atoms with E-state index in [0.717, 1.165) is 18.4 Å². The predicted molar refractivity (Wildman–Crippen MR) is 120 cm³/mol. The van der Waals surface area contributed by atoms with Gasteiger partial charge in [0.15, 0.2) is 0 Å². The SMILES string of the molecule is CCCCCCCCCCCCCCCCCc1ccccc1C(=O)NCO. The van der Waals surface area contributed by atoms with E-state index in [1.165, 1.54) is 89.9 Å². The molecule has 3 nitrogen and oxygen atoms in total. The van der Waals surface area contributed by atoms with Crippen molar-refractivity contribution < 1.29 is 9.90 Å². The number of benzene rings is 1. The van der Waals surface area contributed by atoms with Gasteiger partial charge in [-0.1, -0.05) is 115 Å². The van der Waals surface area contributed by atoms with Crippen LogP contribution in [0.25, 0.3) is 0 Å². The van der Waals surface area contributed by atoms with Gasteiger partial charge in [-0.05, 0) is 24.5 Å². The van der Waals surface area contributed by atoms with Crippen molar-refractivity contribution in [3.05, 3.63) is 35.4 Å². The van der Waals surface area contributed by atoms with E-state index < -0.39 is 0 Å². The van der Waals surface area contributed by atoms with E-state index in [-0.39, 0.29) is 12.6 Å². The fraction of sp³-hybridized carbons (Fsp3) is 0.720. The molecule has 0 atom stereocenters. The van der Waals surface area contributed by atoms with Crippen LogP contribution in [-0.4, -0.2) is 17.7 Å². The molecule has 0 unspecified atom stereocenters. The number of aryl methyl sites for hydroxylation is 1. The molecule has 1 amide bonds. The first-order valence-electron chi connectivity index (χ1n) is 11.8. The molecule has 0 radical (unpaired) electrons. The van der Waals surface area contributed by atoms with E-state index >= 15 is 0 Å². The number of rotatable bonds is 18. The number of aliphatic hydroxyl groups is 1. The maximum absolute atomic E-state index is 12.0. The van der Waals surface area contributed by atoms with Crippen molar-refractivity contribution in [1.29, 1.82) is 0 Å².